The maximum absolute atomic E-state index is 9.11. The van der Waals surface area contributed by atoms with Crippen molar-refractivity contribution in [2.24, 2.45) is 0 Å². The van der Waals surface area contributed by atoms with Gasteiger partial charge >= 0.3 is 0 Å². The molecule has 0 fully saturated rings. The number of rotatable bonds is 6. The molecule has 6 heteroatoms. The Morgan fingerprint density at radius 2 is 2.04 bits per heavy atom. The average molecular weight is 352 g/mol. The monoisotopic (exact) mass is 352 g/mol. The van der Waals surface area contributed by atoms with E-state index in [1.54, 1.807) is 7.11 Å². The van der Waals surface area contributed by atoms with Gasteiger partial charge in [-0.25, -0.2) is 4.98 Å². The number of aromatic nitrogens is 3. The lowest BCUT2D eigenvalue weighted by molar-refractivity contribution is 0.292. The molecule has 0 saturated carbocycles. The molecule has 26 heavy (non-hydrogen) atoms. The van der Waals surface area contributed by atoms with Crippen molar-refractivity contribution in [3.05, 3.63) is 41.2 Å². The summed E-state index contributed by atoms with van der Waals surface area (Å²) < 4.78 is 7.21. The van der Waals surface area contributed by atoms with E-state index in [0.29, 0.717) is 6.42 Å². The number of nitrogens with zero attached hydrogens (tertiary/aromatic N) is 3. The second-order valence-electron chi connectivity index (χ2n) is 6.67. The predicted octanol–water partition coefficient (Wildman–Crippen LogP) is 3.00. The fourth-order valence-corrected chi connectivity index (χ4v) is 3.70. The van der Waals surface area contributed by atoms with E-state index in [0.717, 1.165) is 59.8 Å². The number of aryl methyl sites for hydroxylation is 2. The van der Waals surface area contributed by atoms with Crippen molar-refractivity contribution in [2.75, 3.05) is 25.6 Å². The van der Waals surface area contributed by atoms with Crippen LogP contribution in [0.25, 0.3) is 16.8 Å². The zero-order chi connectivity index (χ0) is 18.1. The summed E-state index contributed by atoms with van der Waals surface area (Å²) in [7, 11) is 1.67. The molecule has 1 aliphatic carbocycles. The zero-order valence-electron chi connectivity index (χ0n) is 15.2. The smallest absolute Gasteiger partial charge is 0.165 e. The summed E-state index contributed by atoms with van der Waals surface area (Å²) in [5, 5.41) is 17.4. The van der Waals surface area contributed by atoms with Gasteiger partial charge in [0.05, 0.1) is 12.8 Å². The first-order valence-corrected chi connectivity index (χ1v) is 9.13. The van der Waals surface area contributed by atoms with Gasteiger partial charge in [0.1, 0.15) is 11.6 Å². The number of methoxy groups -OCH3 is 1. The van der Waals surface area contributed by atoms with Gasteiger partial charge in [0.15, 0.2) is 5.65 Å². The number of ether oxygens (including phenoxy) is 1. The van der Waals surface area contributed by atoms with E-state index < -0.39 is 0 Å². The highest BCUT2D eigenvalue weighted by Crippen LogP contribution is 2.34. The van der Waals surface area contributed by atoms with Crippen molar-refractivity contribution in [2.45, 2.75) is 32.6 Å². The van der Waals surface area contributed by atoms with Crippen LogP contribution < -0.4 is 10.1 Å². The number of anilines is 1. The second-order valence-corrected chi connectivity index (χ2v) is 6.67. The second kappa shape index (κ2) is 6.96. The molecule has 0 unspecified atom stereocenters. The number of aliphatic hydroxyl groups excluding tert-OH is 1. The lowest BCUT2D eigenvalue weighted by Gasteiger charge is -2.13. The first kappa shape index (κ1) is 16.8. The van der Waals surface area contributed by atoms with E-state index in [1.807, 2.05) is 23.6 Å². The highest BCUT2D eigenvalue weighted by molar-refractivity contribution is 5.81. The summed E-state index contributed by atoms with van der Waals surface area (Å²) in [5.41, 5.74) is 6.42. The molecular formula is C20H24N4O2. The Bertz CT molecular complexity index is 931. The molecule has 4 rings (SSSR count). The maximum Gasteiger partial charge on any atom is 0.165 e. The first-order chi connectivity index (χ1) is 12.7. The van der Waals surface area contributed by atoms with Gasteiger partial charge in [-0.1, -0.05) is 12.1 Å². The number of hydrogen-bond acceptors (Lipinski definition) is 5. The van der Waals surface area contributed by atoms with Crippen molar-refractivity contribution in [3.63, 3.8) is 0 Å². The first-order valence-electron chi connectivity index (χ1n) is 9.13. The molecule has 0 radical (unpaired) electrons. The number of hydrogen-bond donors (Lipinski definition) is 2. The maximum atomic E-state index is 9.11. The largest absolute Gasteiger partial charge is 0.497 e. The molecule has 3 aromatic rings. The van der Waals surface area contributed by atoms with Gasteiger partial charge in [-0.2, -0.15) is 9.61 Å². The van der Waals surface area contributed by atoms with Crippen molar-refractivity contribution in [1.82, 2.24) is 14.6 Å². The van der Waals surface area contributed by atoms with E-state index in [-0.39, 0.29) is 6.61 Å². The number of nitrogens with one attached hydrogen (secondary N) is 1. The van der Waals surface area contributed by atoms with Gasteiger partial charge in [0.2, 0.25) is 0 Å². The topological polar surface area (TPSA) is 71.7 Å². The highest BCUT2D eigenvalue weighted by Gasteiger charge is 2.23. The molecule has 0 saturated heterocycles. The Morgan fingerprint density at radius 1 is 1.23 bits per heavy atom. The van der Waals surface area contributed by atoms with Crippen molar-refractivity contribution in [1.29, 1.82) is 0 Å². The van der Waals surface area contributed by atoms with Crippen LogP contribution in [0.5, 0.6) is 5.75 Å². The van der Waals surface area contributed by atoms with Crippen molar-refractivity contribution < 1.29 is 9.84 Å². The van der Waals surface area contributed by atoms with Crippen LogP contribution in [-0.2, 0) is 12.8 Å². The number of aliphatic hydroxyl groups is 1. The third-order valence-corrected chi connectivity index (χ3v) is 4.97. The fourth-order valence-electron chi connectivity index (χ4n) is 3.70. The number of fused-ring (bicyclic) bond motifs is 2. The third-order valence-electron chi connectivity index (χ3n) is 4.97. The van der Waals surface area contributed by atoms with Gasteiger partial charge in [-0.3, -0.25) is 0 Å². The molecule has 1 aromatic carbocycles. The Kier molecular flexibility index (Phi) is 4.51. The standard InChI is InChI=1S/C20H24N4O2/c1-13-18(14-7-9-15(26-2)10-8-14)20-22-17-6-3-5-16(17)19(24(20)23-13)21-11-4-12-25/h7-10,21,25H,3-6,11-12H2,1-2H3. The minimum atomic E-state index is 0.179. The molecule has 136 valence electrons. The lowest BCUT2D eigenvalue weighted by Crippen LogP contribution is -2.12. The molecule has 0 bridgehead atoms. The number of benzene rings is 1. The van der Waals surface area contributed by atoms with Crippen molar-refractivity contribution in [3.8, 4) is 16.9 Å². The summed E-state index contributed by atoms with van der Waals surface area (Å²) >= 11 is 0. The van der Waals surface area contributed by atoms with Gasteiger partial charge in [-0.15, -0.1) is 0 Å². The van der Waals surface area contributed by atoms with E-state index in [2.05, 4.69) is 17.4 Å². The minimum absolute atomic E-state index is 0.179. The Balaban J connectivity index is 1.87. The molecule has 0 atom stereocenters. The Labute approximate surface area is 152 Å². The Hall–Kier alpha value is -2.60. The van der Waals surface area contributed by atoms with Crippen LogP contribution in [0.2, 0.25) is 0 Å². The highest BCUT2D eigenvalue weighted by atomic mass is 16.5. The van der Waals surface area contributed by atoms with Crippen LogP contribution in [-0.4, -0.2) is 40.0 Å². The molecular weight excluding hydrogens is 328 g/mol. The molecule has 0 aliphatic heterocycles. The summed E-state index contributed by atoms with van der Waals surface area (Å²) in [6.45, 7) is 2.92. The minimum Gasteiger partial charge on any atom is -0.497 e. The van der Waals surface area contributed by atoms with E-state index in [1.165, 1.54) is 11.3 Å². The zero-order valence-corrected chi connectivity index (χ0v) is 15.2. The molecule has 2 N–H and O–H groups in total. The Morgan fingerprint density at radius 3 is 2.77 bits per heavy atom. The lowest BCUT2D eigenvalue weighted by atomic mass is 10.1. The van der Waals surface area contributed by atoms with E-state index in [4.69, 9.17) is 19.9 Å². The summed E-state index contributed by atoms with van der Waals surface area (Å²) in [4.78, 5) is 4.96. The quantitative estimate of drug-likeness (QED) is 0.667. The molecule has 0 amide bonds. The summed E-state index contributed by atoms with van der Waals surface area (Å²) in [5.74, 6) is 1.86. The van der Waals surface area contributed by atoms with Gasteiger partial charge in [0, 0.05) is 30.0 Å². The molecule has 6 nitrogen and oxygen atoms in total. The molecule has 0 spiro atoms. The predicted molar refractivity (Wildman–Crippen MR) is 102 cm³/mol. The van der Waals surface area contributed by atoms with Crippen LogP contribution in [0.1, 0.15) is 29.8 Å². The summed E-state index contributed by atoms with van der Waals surface area (Å²) in [6, 6.07) is 8.03. The van der Waals surface area contributed by atoms with Crippen LogP contribution >= 0.6 is 0 Å². The fraction of sp³-hybridized carbons (Fsp3) is 0.400. The van der Waals surface area contributed by atoms with Gasteiger partial charge < -0.3 is 15.2 Å². The third kappa shape index (κ3) is 2.80. The summed E-state index contributed by atoms with van der Waals surface area (Å²) in [6.07, 6.45) is 3.87. The normalized spacial score (nSPS) is 13.2. The molecule has 2 heterocycles. The van der Waals surface area contributed by atoms with Crippen LogP contribution in [0, 0.1) is 6.92 Å². The average Bonchev–Trinajstić information content (AvgIpc) is 3.25. The van der Waals surface area contributed by atoms with Gasteiger partial charge in [0.25, 0.3) is 0 Å². The van der Waals surface area contributed by atoms with Crippen molar-refractivity contribution >= 4 is 11.5 Å². The molecule has 1 aliphatic rings. The van der Waals surface area contributed by atoms with Gasteiger partial charge in [-0.05, 0) is 50.3 Å². The SMILES string of the molecule is COc1ccc(-c2c(C)nn3c(NCCCO)c4c(nc23)CCC4)cc1. The molecule has 2 aromatic heterocycles. The van der Waals surface area contributed by atoms with Crippen LogP contribution in [0.4, 0.5) is 5.82 Å². The van der Waals surface area contributed by atoms with Crippen LogP contribution in [0.15, 0.2) is 24.3 Å². The van der Waals surface area contributed by atoms with E-state index >= 15 is 0 Å². The van der Waals surface area contributed by atoms with Crippen LogP contribution in [0.3, 0.4) is 0 Å². The van der Waals surface area contributed by atoms with E-state index in [9.17, 15) is 0 Å².